The largest absolute Gasteiger partial charge is 0.497 e. The molecule has 0 radical (unpaired) electrons. The summed E-state index contributed by atoms with van der Waals surface area (Å²) >= 11 is 2.33. The Kier molecular flexibility index (Phi) is 21.8. The van der Waals surface area contributed by atoms with Crippen molar-refractivity contribution in [3.63, 3.8) is 0 Å². The normalized spacial score (nSPS) is 16.2. The molecule has 5 aromatic carbocycles. The quantitative estimate of drug-likeness (QED) is 0.0143. The topological polar surface area (TPSA) is 247 Å². The van der Waals surface area contributed by atoms with Crippen LogP contribution in [0.5, 0.6) is 23.0 Å². The zero-order valence-corrected chi connectivity index (χ0v) is 56.3. The summed E-state index contributed by atoms with van der Waals surface area (Å²) in [5.74, 6) is -0.623. The number of carbonyl (C=O) groups is 5. The maximum Gasteiger partial charge on any atom is 0.413 e. The van der Waals surface area contributed by atoms with Crippen molar-refractivity contribution in [2.45, 2.75) is 143 Å². The Labute approximate surface area is 561 Å². The van der Waals surface area contributed by atoms with Crippen LogP contribution in [-0.2, 0) is 64.5 Å². The highest BCUT2D eigenvalue weighted by atomic mass is 32.2. The van der Waals surface area contributed by atoms with Crippen molar-refractivity contribution >= 4 is 74.7 Å². The van der Waals surface area contributed by atoms with E-state index in [1.54, 1.807) is 72.6 Å². The molecule has 5 heterocycles. The van der Waals surface area contributed by atoms with E-state index in [1.807, 2.05) is 116 Å². The van der Waals surface area contributed by atoms with Crippen LogP contribution in [0.3, 0.4) is 0 Å². The summed E-state index contributed by atoms with van der Waals surface area (Å²) in [5, 5.41) is 15.7. The second-order valence-electron chi connectivity index (χ2n) is 25.6. The van der Waals surface area contributed by atoms with Crippen molar-refractivity contribution in [1.29, 1.82) is 0 Å². The molecule has 2 aromatic heterocycles. The van der Waals surface area contributed by atoms with Crippen LogP contribution in [-0.4, -0.2) is 128 Å². The van der Waals surface area contributed by atoms with E-state index in [1.165, 1.54) is 35.9 Å². The monoisotopic (exact) mass is 1340 g/mol. The molecule has 24 heteroatoms. The molecule has 3 aliphatic rings. The number of anilines is 1. The molecule has 95 heavy (non-hydrogen) atoms. The zero-order chi connectivity index (χ0) is 67.1. The lowest BCUT2D eigenvalue weighted by molar-refractivity contribution is -0.925. The molecule has 0 aliphatic carbocycles. The van der Waals surface area contributed by atoms with Crippen LogP contribution in [0, 0.1) is 0 Å². The fourth-order valence-electron chi connectivity index (χ4n) is 11.2. The van der Waals surface area contributed by atoms with Crippen LogP contribution in [0.25, 0.3) is 10.9 Å². The first-order valence-corrected chi connectivity index (χ1v) is 32.9. The smallest absolute Gasteiger partial charge is 0.413 e. The number of hydrogen-bond acceptors (Lipinski definition) is 19. The van der Waals surface area contributed by atoms with Crippen LogP contribution in [0.1, 0.15) is 122 Å². The van der Waals surface area contributed by atoms with Crippen LogP contribution in [0.2, 0.25) is 0 Å². The molecule has 2 atom stereocenters. The van der Waals surface area contributed by atoms with Gasteiger partial charge in [-0.1, -0.05) is 97.5 Å². The molecule has 0 unspecified atom stereocenters. The van der Waals surface area contributed by atoms with Crippen molar-refractivity contribution in [2.75, 3.05) is 44.9 Å². The lowest BCUT2D eigenvalue weighted by Gasteiger charge is -2.50. The molecule has 22 nitrogen and oxygen atoms in total. The van der Waals surface area contributed by atoms with E-state index in [0.717, 1.165) is 35.3 Å². The molecule has 10 rings (SSSR count). The van der Waals surface area contributed by atoms with Crippen molar-refractivity contribution in [3.05, 3.63) is 182 Å². The minimum Gasteiger partial charge on any atom is -0.497 e. The van der Waals surface area contributed by atoms with Gasteiger partial charge < -0.3 is 47.8 Å². The highest BCUT2D eigenvalue weighted by Gasteiger charge is 2.56. The molecule has 3 aliphatic heterocycles. The maximum atomic E-state index is 15.5. The minimum absolute atomic E-state index is 0. The summed E-state index contributed by atoms with van der Waals surface area (Å²) in [6, 6.07) is 36.0. The van der Waals surface area contributed by atoms with Gasteiger partial charge in [-0.05, 0) is 115 Å². The number of nitrogens with one attached hydrogen (secondary N) is 2. The summed E-state index contributed by atoms with van der Waals surface area (Å²) in [4.78, 5) is 98.4. The van der Waals surface area contributed by atoms with Gasteiger partial charge in [0.2, 0.25) is 11.0 Å². The Hall–Kier alpha value is -9.26. The number of β-lactam (4-membered cyclic amide) rings is 1. The predicted molar refractivity (Wildman–Crippen MR) is 363 cm³/mol. The first-order chi connectivity index (χ1) is 44.8. The number of benzene rings is 5. The third-order valence-corrected chi connectivity index (χ3v) is 17.9. The lowest BCUT2D eigenvalue weighted by Crippen LogP contribution is -2.71. The van der Waals surface area contributed by atoms with E-state index in [2.05, 4.69) is 20.8 Å². The average Bonchev–Trinajstić information content (AvgIpc) is 1.02. The molecule has 2 fully saturated rings. The number of methoxy groups -OCH3 is 2. The maximum absolute atomic E-state index is 15.5. The van der Waals surface area contributed by atoms with Gasteiger partial charge in [0.1, 0.15) is 71.8 Å². The highest BCUT2D eigenvalue weighted by molar-refractivity contribution is 8.00. The Morgan fingerprint density at radius 1 is 0.747 bits per heavy atom. The number of fused-ring (bicyclic) bond motifs is 2. The summed E-state index contributed by atoms with van der Waals surface area (Å²) in [5.41, 5.74) is 0.473. The number of aromatic nitrogens is 3. The van der Waals surface area contributed by atoms with Crippen molar-refractivity contribution < 1.29 is 66.5 Å². The molecule has 0 spiro atoms. The Balaban J connectivity index is 0.0000106. The third kappa shape index (κ3) is 16.8. The molecular formula is C71H83N8O14S2+. The molecule has 0 bridgehead atoms. The molecule has 502 valence electrons. The number of carbonyl (C=O) groups excluding carboxylic acids is 5. The molecule has 0 saturated carbocycles. The Morgan fingerprint density at radius 2 is 1.32 bits per heavy atom. The van der Waals surface area contributed by atoms with Gasteiger partial charge in [0.05, 0.1) is 38.2 Å². The van der Waals surface area contributed by atoms with Gasteiger partial charge in [-0.2, -0.15) is 5.10 Å². The summed E-state index contributed by atoms with van der Waals surface area (Å²) in [6.45, 7) is 17.5. The SMILES string of the molecule is C.CCn1nc(C[N+]2(CC3=C(C(=O)OC(c4ccccc4)c4ccccc4)N4C(=O)[C@@H](NC(=O)/C(=N\OC(C)(C)C(=O)OC(C)(C)C)c5csc(NC(=O)OC(C)(C)C)n5)[C@H]4SC3)CCCC2)c(=O)c2cc(OCc3ccc(OC)cc3)c(OCc3ccc(OC)cc3)cc21. The van der Waals surface area contributed by atoms with Gasteiger partial charge in [-0.3, -0.25) is 29.3 Å². The van der Waals surface area contributed by atoms with Crippen LogP contribution in [0.4, 0.5) is 9.93 Å². The number of likely N-dealkylation sites (tertiary alicyclic amines) is 1. The zero-order valence-electron chi connectivity index (χ0n) is 54.6. The summed E-state index contributed by atoms with van der Waals surface area (Å²) in [6.07, 6.45) is -0.0431. The van der Waals surface area contributed by atoms with Gasteiger partial charge >= 0.3 is 18.0 Å². The van der Waals surface area contributed by atoms with Crippen LogP contribution in [0.15, 0.2) is 148 Å². The third-order valence-electron chi connectivity index (χ3n) is 15.8. The first kappa shape index (κ1) is 70.1. The van der Waals surface area contributed by atoms with Crippen molar-refractivity contribution in [3.8, 4) is 23.0 Å². The molecular weight excluding hydrogens is 1250 g/mol. The summed E-state index contributed by atoms with van der Waals surface area (Å²) in [7, 11) is 3.22. The summed E-state index contributed by atoms with van der Waals surface area (Å²) < 4.78 is 43.5. The number of thioether (sulfide) groups is 1. The van der Waals surface area contributed by atoms with E-state index in [-0.39, 0.29) is 61.4 Å². The average molecular weight is 1340 g/mol. The number of ether oxygens (including phenoxy) is 7. The Bertz CT molecular complexity index is 4000. The lowest BCUT2D eigenvalue weighted by atomic mass is 10.00. The van der Waals surface area contributed by atoms with Gasteiger partial charge in [-0.15, -0.1) is 23.1 Å². The standard InChI is InChI=1S/C70H78N8O14S2.CH4/c1-12-76-53-36-55(88-40-44-27-31-49(86-11)32-28-44)54(87-39-43-25-29-48(85-10)30-26-43)35-50(53)59(79)51(74-76)38-78(33-19-20-34-78)37-47-41-93-63-57(62(81)77(63)58(47)64(82)89-60(45-21-15-13-16-22-45)46-23-17-14-18-24-46)72-61(80)56(75-92-70(8,9)65(83)90-68(2,3)4)52-42-94-66(71-52)73-67(84)91-69(5,6)7;/h13-18,21-32,35-36,42,57,60,63H,12,19-20,33-34,37-41H2,1-11H3,(H-,71,72,73,80,84);1H4/p+1/b75-56-;/t57-,63-;/m1./s1. The first-order valence-electron chi connectivity index (χ1n) is 31.0. The van der Waals surface area contributed by atoms with E-state index in [9.17, 15) is 14.4 Å². The fraction of sp³-hybridized carbons (Fsp3) is 0.394. The number of amides is 3. The number of rotatable bonds is 24. The molecule has 3 amide bonds. The number of thiazole rings is 1. The van der Waals surface area contributed by atoms with Gasteiger partial charge in [0, 0.05) is 42.2 Å². The number of quaternary nitrogens is 1. The predicted octanol–water partition coefficient (Wildman–Crippen LogP) is 11.7. The van der Waals surface area contributed by atoms with Crippen LogP contribution >= 0.6 is 23.1 Å². The highest BCUT2D eigenvalue weighted by Crippen LogP contribution is 2.44. The molecule has 7 aromatic rings. The number of oxime groups is 1. The van der Waals surface area contributed by atoms with Gasteiger partial charge in [0.15, 0.2) is 34.1 Å². The number of esters is 2. The number of hydrogen-bond donors (Lipinski definition) is 2. The second kappa shape index (κ2) is 29.6. The van der Waals surface area contributed by atoms with Crippen molar-refractivity contribution in [1.82, 2.24) is 25.0 Å². The van der Waals surface area contributed by atoms with Crippen LogP contribution < -0.4 is 35.0 Å². The van der Waals surface area contributed by atoms with E-state index >= 15 is 14.4 Å². The molecule has 2 N–H and O–H groups in total. The van der Waals surface area contributed by atoms with Gasteiger partial charge in [-0.25, -0.2) is 19.4 Å². The van der Waals surface area contributed by atoms with E-state index in [4.69, 9.17) is 43.1 Å². The van der Waals surface area contributed by atoms with E-state index < -0.39 is 69.9 Å². The molecule has 2 saturated heterocycles. The fourth-order valence-corrected chi connectivity index (χ4v) is 13.2. The van der Waals surface area contributed by atoms with Crippen molar-refractivity contribution in [2.24, 2.45) is 5.16 Å². The van der Waals surface area contributed by atoms with E-state index in [0.29, 0.717) is 80.4 Å². The van der Waals surface area contributed by atoms with Gasteiger partial charge in [0.25, 0.3) is 11.8 Å². The Morgan fingerprint density at radius 3 is 1.86 bits per heavy atom. The minimum atomic E-state index is -1.72. The second-order valence-corrected chi connectivity index (χ2v) is 27.6. The number of nitrogens with zero attached hydrogens (tertiary/aromatic N) is 6. The number of aryl methyl sites for hydroxylation is 1.